The van der Waals surface area contributed by atoms with E-state index in [1.54, 1.807) is 8.61 Å². The SMILES string of the molecule is CCNCC1CCN(S(=O)(=O)N2CCC(C)(C)C2)CC1. The van der Waals surface area contributed by atoms with E-state index in [1.165, 1.54) is 0 Å². The van der Waals surface area contributed by atoms with Gasteiger partial charge in [-0.25, -0.2) is 0 Å². The van der Waals surface area contributed by atoms with Gasteiger partial charge in [-0.15, -0.1) is 0 Å². The largest absolute Gasteiger partial charge is 0.317 e. The van der Waals surface area contributed by atoms with Crippen LogP contribution in [0, 0.1) is 11.3 Å². The molecule has 118 valence electrons. The first-order valence-electron chi connectivity index (χ1n) is 7.81. The van der Waals surface area contributed by atoms with E-state index >= 15 is 0 Å². The van der Waals surface area contributed by atoms with Gasteiger partial charge in [0.05, 0.1) is 0 Å². The maximum atomic E-state index is 12.6. The smallest absolute Gasteiger partial charge is 0.281 e. The highest BCUT2D eigenvalue weighted by molar-refractivity contribution is 7.86. The van der Waals surface area contributed by atoms with Crippen molar-refractivity contribution in [3.63, 3.8) is 0 Å². The van der Waals surface area contributed by atoms with Crippen molar-refractivity contribution in [3.8, 4) is 0 Å². The molecule has 2 heterocycles. The molecular weight excluding hydrogens is 274 g/mol. The lowest BCUT2D eigenvalue weighted by Gasteiger charge is -2.34. The van der Waals surface area contributed by atoms with Crippen molar-refractivity contribution in [1.82, 2.24) is 13.9 Å². The van der Waals surface area contributed by atoms with E-state index in [2.05, 4.69) is 26.1 Å². The van der Waals surface area contributed by atoms with Crippen molar-refractivity contribution in [1.29, 1.82) is 0 Å². The first-order chi connectivity index (χ1) is 9.35. The van der Waals surface area contributed by atoms with Crippen LogP contribution in [0.3, 0.4) is 0 Å². The normalized spacial score (nSPS) is 26.1. The average molecular weight is 303 g/mol. The van der Waals surface area contributed by atoms with Gasteiger partial charge in [-0.1, -0.05) is 20.8 Å². The molecule has 0 aromatic rings. The molecule has 0 saturated carbocycles. The number of rotatable bonds is 5. The quantitative estimate of drug-likeness (QED) is 0.832. The van der Waals surface area contributed by atoms with Crippen molar-refractivity contribution in [2.24, 2.45) is 11.3 Å². The molecule has 0 amide bonds. The first kappa shape index (κ1) is 16.2. The van der Waals surface area contributed by atoms with Crippen LogP contribution in [0.5, 0.6) is 0 Å². The topological polar surface area (TPSA) is 52.7 Å². The molecule has 0 aliphatic carbocycles. The summed E-state index contributed by atoms with van der Waals surface area (Å²) in [5.74, 6) is 0.622. The lowest BCUT2D eigenvalue weighted by Crippen LogP contribution is -2.47. The Kier molecular flexibility index (Phi) is 5.10. The summed E-state index contributed by atoms with van der Waals surface area (Å²) >= 11 is 0. The predicted octanol–water partition coefficient (Wildman–Crippen LogP) is 1.28. The zero-order chi connectivity index (χ0) is 14.8. The third-order valence-electron chi connectivity index (χ3n) is 4.55. The van der Waals surface area contributed by atoms with Crippen LogP contribution in [-0.4, -0.2) is 56.3 Å². The van der Waals surface area contributed by atoms with Crippen LogP contribution in [0.1, 0.15) is 40.0 Å². The summed E-state index contributed by atoms with van der Waals surface area (Å²) in [6, 6.07) is 0. The van der Waals surface area contributed by atoms with Crippen LogP contribution in [0.2, 0.25) is 0 Å². The van der Waals surface area contributed by atoms with Gasteiger partial charge in [0, 0.05) is 26.2 Å². The Hall–Kier alpha value is -0.170. The molecule has 0 atom stereocenters. The van der Waals surface area contributed by atoms with E-state index in [4.69, 9.17) is 0 Å². The third kappa shape index (κ3) is 3.72. The zero-order valence-corrected chi connectivity index (χ0v) is 13.9. The Morgan fingerprint density at radius 3 is 2.30 bits per heavy atom. The molecule has 0 aromatic carbocycles. The Morgan fingerprint density at radius 1 is 1.15 bits per heavy atom. The zero-order valence-electron chi connectivity index (χ0n) is 13.1. The Balaban J connectivity index is 1.89. The van der Waals surface area contributed by atoms with Crippen LogP contribution in [0.15, 0.2) is 0 Å². The summed E-state index contributed by atoms with van der Waals surface area (Å²) in [5, 5.41) is 3.36. The molecule has 0 unspecified atom stereocenters. The number of piperidine rings is 1. The van der Waals surface area contributed by atoms with Gasteiger partial charge in [0.2, 0.25) is 0 Å². The number of hydrogen-bond acceptors (Lipinski definition) is 3. The highest BCUT2D eigenvalue weighted by atomic mass is 32.2. The van der Waals surface area contributed by atoms with Gasteiger partial charge in [-0.05, 0) is 43.7 Å². The van der Waals surface area contributed by atoms with Crippen molar-refractivity contribution in [3.05, 3.63) is 0 Å². The standard InChI is InChI=1S/C14H29N3O2S/c1-4-15-11-13-5-8-16(9-6-13)20(18,19)17-10-7-14(2,3)12-17/h13,15H,4-12H2,1-3H3. The molecule has 20 heavy (non-hydrogen) atoms. The molecule has 6 heteroatoms. The monoisotopic (exact) mass is 303 g/mol. The summed E-state index contributed by atoms with van der Waals surface area (Å²) in [5.41, 5.74) is 0.121. The van der Waals surface area contributed by atoms with Crippen molar-refractivity contribution < 1.29 is 8.42 Å². The minimum Gasteiger partial charge on any atom is -0.317 e. The van der Waals surface area contributed by atoms with E-state index in [9.17, 15) is 8.42 Å². The number of hydrogen-bond donors (Lipinski definition) is 1. The Labute approximate surface area is 123 Å². The fourth-order valence-electron chi connectivity index (χ4n) is 3.12. The van der Waals surface area contributed by atoms with E-state index in [-0.39, 0.29) is 5.41 Å². The fraction of sp³-hybridized carbons (Fsp3) is 1.00. The second-order valence-electron chi connectivity index (χ2n) is 6.91. The van der Waals surface area contributed by atoms with Crippen LogP contribution in [-0.2, 0) is 10.2 Å². The third-order valence-corrected chi connectivity index (χ3v) is 6.53. The van der Waals surface area contributed by atoms with Crippen LogP contribution in [0.25, 0.3) is 0 Å². The molecule has 0 spiro atoms. The maximum absolute atomic E-state index is 12.6. The second kappa shape index (κ2) is 6.30. The Bertz CT molecular complexity index is 414. The second-order valence-corrected chi connectivity index (χ2v) is 8.83. The lowest BCUT2D eigenvalue weighted by atomic mass is 9.93. The van der Waals surface area contributed by atoms with Crippen LogP contribution >= 0.6 is 0 Å². The van der Waals surface area contributed by atoms with E-state index in [0.29, 0.717) is 32.1 Å². The van der Waals surface area contributed by atoms with Gasteiger partial charge in [0.25, 0.3) is 10.2 Å². The van der Waals surface area contributed by atoms with E-state index in [0.717, 1.165) is 32.4 Å². The highest BCUT2D eigenvalue weighted by Gasteiger charge is 2.39. The molecule has 1 N–H and O–H groups in total. The molecule has 2 aliphatic heterocycles. The van der Waals surface area contributed by atoms with Crippen molar-refractivity contribution in [2.45, 2.75) is 40.0 Å². The van der Waals surface area contributed by atoms with Crippen LogP contribution in [0.4, 0.5) is 0 Å². The average Bonchev–Trinajstić information content (AvgIpc) is 2.78. The van der Waals surface area contributed by atoms with E-state index < -0.39 is 10.2 Å². The minimum absolute atomic E-state index is 0.121. The lowest BCUT2D eigenvalue weighted by molar-refractivity contribution is 0.251. The molecular formula is C14H29N3O2S. The molecule has 0 radical (unpaired) electrons. The summed E-state index contributed by atoms with van der Waals surface area (Å²) < 4.78 is 28.6. The molecule has 2 fully saturated rings. The van der Waals surface area contributed by atoms with Gasteiger partial charge in [-0.2, -0.15) is 17.0 Å². The van der Waals surface area contributed by atoms with Crippen molar-refractivity contribution >= 4 is 10.2 Å². The van der Waals surface area contributed by atoms with Gasteiger partial charge in [-0.3, -0.25) is 0 Å². The van der Waals surface area contributed by atoms with E-state index in [1.807, 2.05) is 0 Å². The molecule has 5 nitrogen and oxygen atoms in total. The Morgan fingerprint density at radius 2 is 1.80 bits per heavy atom. The minimum atomic E-state index is -3.23. The van der Waals surface area contributed by atoms with Gasteiger partial charge in [0.15, 0.2) is 0 Å². The van der Waals surface area contributed by atoms with Gasteiger partial charge >= 0.3 is 0 Å². The fourth-order valence-corrected chi connectivity index (χ4v) is 4.95. The van der Waals surface area contributed by atoms with Crippen molar-refractivity contribution in [2.75, 3.05) is 39.3 Å². The molecule has 2 aliphatic rings. The number of nitrogens with zero attached hydrogens (tertiary/aromatic N) is 2. The number of nitrogens with one attached hydrogen (secondary N) is 1. The molecule has 2 saturated heterocycles. The molecule has 0 aromatic heterocycles. The highest BCUT2D eigenvalue weighted by Crippen LogP contribution is 2.32. The summed E-state index contributed by atoms with van der Waals surface area (Å²) in [4.78, 5) is 0. The predicted molar refractivity (Wildman–Crippen MR) is 81.7 cm³/mol. The van der Waals surface area contributed by atoms with Gasteiger partial charge < -0.3 is 5.32 Å². The summed E-state index contributed by atoms with van der Waals surface area (Å²) in [6.45, 7) is 11.1. The van der Waals surface area contributed by atoms with Crippen LogP contribution < -0.4 is 5.32 Å². The molecule has 2 rings (SSSR count). The summed E-state index contributed by atoms with van der Waals surface area (Å²) in [6.07, 6.45) is 2.91. The molecule has 0 bridgehead atoms. The first-order valence-corrected chi connectivity index (χ1v) is 9.21. The summed E-state index contributed by atoms with van der Waals surface area (Å²) in [7, 11) is -3.23. The van der Waals surface area contributed by atoms with Gasteiger partial charge in [0.1, 0.15) is 0 Å². The maximum Gasteiger partial charge on any atom is 0.281 e.